The number of hydrogen-bond acceptors (Lipinski definition) is 3. The van der Waals surface area contributed by atoms with Gasteiger partial charge in [0.2, 0.25) is 5.91 Å². The number of nitrogens with one attached hydrogen (secondary N) is 2. The molecule has 2 N–H and O–H groups in total. The highest BCUT2D eigenvalue weighted by Crippen LogP contribution is 2.18. The molecule has 106 valence electrons. The molecule has 0 aromatic carbocycles. The summed E-state index contributed by atoms with van der Waals surface area (Å²) >= 11 is 0. The van der Waals surface area contributed by atoms with E-state index in [1.165, 1.54) is 17.7 Å². The second-order valence-corrected chi connectivity index (χ2v) is 5.77. The molecular weight excluding hydrogens is 242 g/mol. The van der Waals surface area contributed by atoms with Crippen molar-refractivity contribution >= 4 is 17.7 Å². The first-order valence-corrected chi connectivity index (χ1v) is 6.79. The molecule has 0 unspecified atom stereocenters. The van der Waals surface area contributed by atoms with E-state index < -0.39 is 5.54 Å². The van der Waals surface area contributed by atoms with Gasteiger partial charge in [-0.25, -0.2) is 0 Å². The standard InChI is InChI=1S/C13H23N5O/c1-13(8-11(19)18(3)12(14)16-13)9-15-10-6-4-5-7-17(10)2/h4-9H2,1-3H3,(H2,14,16)/b15-10-/t13-/m0/s1. The van der Waals surface area contributed by atoms with Crippen LogP contribution in [0.15, 0.2) is 4.99 Å². The molecule has 0 spiro atoms. The number of carbonyl (C=O) groups is 1. The van der Waals surface area contributed by atoms with Crippen LogP contribution in [0.1, 0.15) is 32.6 Å². The van der Waals surface area contributed by atoms with Gasteiger partial charge in [0.1, 0.15) is 0 Å². The summed E-state index contributed by atoms with van der Waals surface area (Å²) in [7, 11) is 3.69. The van der Waals surface area contributed by atoms with Crippen molar-refractivity contribution in [3.63, 3.8) is 0 Å². The van der Waals surface area contributed by atoms with E-state index in [1.807, 2.05) is 6.92 Å². The summed E-state index contributed by atoms with van der Waals surface area (Å²) in [5.74, 6) is 1.26. The topological polar surface area (TPSA) is 71.8 Å². The molecule has 6 heteroatoms. The number of nitrogens with zero attached hydrogens (tertiary/aromatic N) is 3. The van der Waals surface area contributed by atoms with E-state index in [4.69, 9.17) is 5.41 Å². The summed E-state index contributed by atoms with van der Waals surface area (Å²) in [5.41, 5.74) is -0.439. The molecule has 6 nitrogen and oxygen atoms in total. The lowest BCUT2D eigenvalue weighted by atomic mass is 9.95. The Morgan fingerprint density at radius 3 is 2.79 bits per heavy atom. The van der Waals surface area contributed by atoms with Crippen molar-refractivity contribution in [2.24, 2.45) is 4.99 Å². The minimum absolute atomic E-state index is 0.0246. The van der Waals surface area contributed by atoms with Crippen molar-refractivity contribution in [2.75, 3.05) is 27.2 Å². The van der Waals surface area contributed by atoms with E-state index in [-0.39, 0.29) is 11.9 Å². The molecule has 0 bridgehead atoms. The number of piperidine rings is 1. The first kappa shape index (κ1) is 13.8. The molecule has 0 aliphatic carbocycles. The van der Waals surface area contributed by atoms with Gasteiger partial charge in [-0.1, -0.05) is 0 Å². The number of guanidine groups is 1. The second kappa shape index (κ2) is 5.19. The third-order valence-corrected chi connectivity index (χ3v) is 3.87. The molecule has 2 saturated heterocycles. The maximum atomic E-state index is 11.8. The zero-order chi connectivity index (χ0) is 14.0. The molecular formula is C13H23N5O. The molecule has 1 amide bonds. The van der Waals surface area contributed by atoms with Gasteiger partial charge in [0, 0.05) is 27.1 Å². The van der Waals surface area contributed by atoms with Gasteiger partial charge < -0.3 is 10.2 Å². The van der Waals surface area contributed by atoms with Gasteiger partial charge >= 0.3 is 0 Å². The number of amidine groups is 1. The number of rotatable bonds is 2. The number of likely N-dealkylation sites (tertiary alicyclic amines) is 1. The van der Waals surface area contributed by atoms with Gasteiger partial charge in [-0.3, -0.25) is 20.1 Å². The molecule has 2 fully saturated rings. The first-order valence-electron chi connectivity index (χ1n) is 6.79. The Morgan fingerprint density at radius 1 is 1.42 bits per heavy atom. The third kappa shape index (κ3) is 3.05. The summed E-state index contributed by atoms with van der Waals surface area (Å²) < 4.78 is 0. The van der Waals surface area contributed by atoms with Crippen LogP contribution in [0, 0.1) is 5.41 Å². The zero-order valence-electron chi connectivity index (χ0n) is 12.0. The van der Waals surface area contributed by atoms with Crippen molar-refractivity contribution in [2.45, 2.75) is 38.1 Å². The minimum Gasteiger partial charge on any atom is -0.363 e. The van der Waals surface area contributed by atoms with Crippen LogP contribution in [0.25, 0.3) is 0 Å². The van der Waals surface area contributed by atoms with Crippen molar-refractivity contribution in [3.8, 4) is 0 Å². The quantitative estimate of drug-likeness (QED) is 0.770. The smallest absolute Gasteiger partial charge is 0.231 e. The number of carbonyl (C=O) groups excluding carboxylic acids is 1. The molecule has 2 aliphatic heterocycles. The molecule has 0 aromatic heterocycles. The van der Waals surface area contributed by atoms with E-state index in [1.54, 1.807) is 7.05 Å². The van der Waals surface area contributed by atoms with E-state index >= 15 is 0 Å². The highest BCUT2D eigenvalue weighted by molar-refractivity contribution is 5.98. The lowest BCUT2D eigenvalue weighted by Gasteiger charge is -2.38. The van der Waals surface area contributed by atoms with E-state index in [2.05, 4.69) is 22.3 Å². The number of amides is 1. The Labute approximate surface area is 114 Å². The first-order chi connectivity index (χ1) is 8.91. The fourth-order valence-corrected chi connectivity index (χ4v) is 2.50. The molecule has 19 heavy (non-hydrogen) atoms. The van der Waals surface area contributed by atoms with Crippen molar-refractivity contribution in [1.82, 2.24) is 15.1 Å². The van der Waals surface area contributed by atoms with Crippen LogP contribution in [-0.2, 0) is 4.79 Å². The number of hydrogen-bond donors (Lipinski definition) is 2. The van der Waals surface area contributed by atoms with E-state index in [0.29, 0.717) is 13.0 Å². The van der Waals surface area contributed by atoms with Gasteiger partial charge in [0.05, 0.1) is 24.3 Å². The second-order valence-electron chi connectivity index (χ2n) is 5.77. The van der Waals surface area contributed by atoms with Crippen molar-refractivity contribution < 1.29 is 4.79 Å². The SMILES string of the molecule is CN1C(=N)N[C@](C)(C/N=C2/CCCCN2C)CC1=O. The largest absolute Gasteiger partial charge is 0.363 e. The summed E-state index contributed by atoms with van der Waals surface area (Å²) in [5, 5.41) is 10.9. The van der Waals surface area contributed by atoms with Crippen LogP contribution >= 0.6 is 0 Å². The molecule has 0 saturated carbocycles. The summed E-state index contributed by atoms with van der Waals surface area (Å²) in [6.07, 6.45) is 3.80. The van der Waals surface area contributed by atoms with Gasteiger partial charge in [-0.05, 0) is 19.8 Å². The highest BCUT2D eigenvalue weighted by atomic mass is 16.2. The van der Waals surface area contributed by atoms with Gasteiger partial charge in [0.15, 0.2) is 5.96 Å². The fraction of sp³-hybridized carbons (Fsp3) is 0.769. The average Bonchev–Trinajstić information content (AvgIpc) is 2.35. The Bertz CT molecular complexity index is 399. The minimum atomic E-state index is -0.439. The van der Waals surface area contributed by atoms with E-state index in [0.717, 1.165) is 18.8 Å². The average molecular weight is 265 g/mol. The Kier molecular flexibility index (Phi) is 3.78. The van der Waals surface area contributed by atoms with Gasteiger partial charge in [-0.15, -0.1) is 0 Å². The lowest BCUT2D eigenvalue weighted by Crippen LogP contribution is -2.61. The predicted molar refractivity (Wildman–Crippen MR) is 75.4 cm³/mol. The van der Waals surface area contributed by atoms with Crippen LogP contribution in [0.5, 0.6) is 0 Å². The molecule has 2 rings (SSSR count). The Hall–Kier alpha value is -1.59. The monoisotopic (exact) mass is 265 g/mol. The van der Waals surface area contributed by atoms with Crippen LogP contribution < -0.4 is 5.32 Å². The van der Waals surface area contributed by atoms with Crippen molar-refractivity contribution in [1.29, 1.82) is 5.41 Å². The maximum absolute atomic E-state index is 11.8. The molecule has 2 aliphatic rings. The molecule has 0 radical (unpaired) electrons. The summed E-state index contributed by atoms with van der Waals surface area (Å²) in [6.45, 7) is 3.55. The normalized spacial score (nSPS) is 30.8. The Morgan fingerprint density at radius 2 is 2.16 bits per heavy atom. The summed E-state index contributed by atoms with van der Waals surface area (Å²) in [4.78, 5) is 20.0. The van der Waals surface area contributed by atoms with Gasteiger partial charge in [0.25, 0.3) is 0 Å². The van der Waals surface area contributed by atoms with Crippen LogP contribution in [-0.4, -0.2) is 60.2 Å². The summed E-state index contributed by atoms with van der Waals surface area (Å²) in [6, 6.07) is 0. The highest BCUT2D eigenvalue weighted by Gasteiger charge is 2.36. The van der Waals surface area contributed by atoms with E-state index in [9.17, 15) is 4.79 Å². The molecule has 0 aromatic rings. The molecule has 2 heterocycles. The number of aliphatic imine (C=N–C) groups is 1. The van der Waals surface area contributed by atoms with Gasteiger partial charge in [-0.2, -0.15) is 0 Å². The maximum Gasteiger partial charge on any atom is 0.231 e. The molecule has 1 atom stereocenters. The van der Waals surface area contributed by atoms with Crippen molar-refractivity contribution in [3.05, 3.63) is 0 Å². The van der Waals surface area contributed by atoms with Crippen LogP contribution in [0.2, 0.25) is 0 Å². The van der Waals surface area contributed by atoms with Crippen LogP contribution in [0.4, 0.5) is 0 Å². The van der Waals surface area contributed by atoms with Crippen LogP contribution in [0.3, 0.4) is 0 Å². The Balaban J connectivity index is 2.03. The lowest BCUT2D eigenvalue weighted by molar-refractivity contribution is -0.129. The predicted octanol–water partition coefficient (Wildman–Crippen LogP) is 0.646. The zero-order valence-corrected chi connectivity index (χ0v) is 12.0. The third-order valence-electron chi connectivity index (χ3n) is 3.87. The fourth-order valence-electron chi connectivity index (χ4n) is 2.50.